The first-order chi connectivity index (χ1) is 7.74. The van der Waals surface area contributed by atoms with Crippen molar-refractivity contribution in [1.82, 2.24) is 5.32 Å². The zero-order chi connectivity index (χ0) is 11.8. The lowest BCUT2D eigenvalue weighted by molar-refractivity contribution is 0.243. The van der Waals surface area contributed by atoms with Crippen molar-refractivity contribution in [3.8, 4) is 0 Å². The summed E-state index contributed by atoms with van der Waals surface area (Å²) in [6.07, 6.45) is 2.48. The van der Waals surface area contributed by atoms with E-state index >= 15 is 0 Å². The molecule has 1 rings (SSSR count). The van der Waals surface area contributed by atoms with Gasteiger partial charge in [-0.05, 0) is 37.6 Å². The Balaban J connectivity index is 2.26. The zero-order valence-electron chi connectivity index (χ0n) is 9.58. The van der Waals surface area contributed by atoms with E-state index in [1.165, 1.54) is 11.8 Å². The third kappa shape index (κ3) is 4.81. The van der Waals surface area contributed by atoms with Gasteiger partial charge in [-0.2, -0.15) is 0 Å². The van der Waals surface area contributed by atoms with Gasteiger partial charge in [-0.15, -0.1) is 0 Å². The topological polar surface area (TPSA) is 21.3 Å². The molecular weight excluding hydrogens is 266 g/mol. The summed E-state index contributed by atoms with van der Waals surface area (Å²) in [5.74, 6) is 0. The molecule has 0 saturated heterocycles. The average Bonchev–Trinajstić information content (AvgIpc) is 2.29. The molecule has 1 aromatic rings. The maximum atomic E-state index is 5.05. The lowest BCUT2D eigenvalue weighted by Gasteiger charge is -2.14. The highest BCUT2D eigenvalue weighted by atomic mass is 79.9. The second-order valence-corrected chi connectivity index (χ2v) is 4.53. The van der Waals surface area contributed by atoms with Crippen LogP contribution in [-0.2, 0) is 4.74 Å². The van der Waals surface area contributed by atoms with E-state index in [4.69, 9.17) is 4.74 Å². The van der Waals surface area contributed by atoms with E-state index in [9.17, 15) is 0 Å². The highest BCUT2D eigenvalue weighted by Crippen LogP contribution is 2.16. The molecule has 16 heavy (non-hydrogen) atoms. The maximum absolute atomic E-state index is 5.05. The monoisotopic (exact) mass is 283 g/mol. The number of rotatable bonds is 7. The van der Waals surface area contributed by atoms with Crippen LogP contribution in [0, 0.1) is 0 Å². The van der Waals surface area contributed by atoms with Crippen molar-refractivity contribution in [3.63, 3.8) is 0 Å². The second kappa shape index (κ2) is 7.47. The molecule has 3 heteroatoms. The van der Waals surface area contributed by atoms with Crippen molar-refractivity contribution in [1.29, 1.82) is 0 Å². The standard InChI is InChI=1S/C13H18BrNO/c1-3-16-10-4-9-15-11(2)12-5-7-13(14)8-6-12/h3,5-8,11,15H,1,4,9-10H2,2H3. The minimum Gasteiger partial charge on any atom is -0.502 e. The quantitative estimate of drug-likeness (QED) is 0.609. The van der Waals surface area contributed by atoms with Gasteiger partial charge >= 0.3 is 0 Å². The maximum Gasteiger partial charge on any atom is 0.0885 e. The van der Waals surface area contributed by atoms with Gasteiger partial charge in [-0.25, -0.2) is 0 Å². The van der Waals surface area contributed by atoms with Crippen molar-refractivity contribution >= 4 is 15.9 Å². The molecule has 0 aromatic heterocycles. The van der Waals surface area contributed by atoms with Crippen molar-refractivity contribution in [2.45, 2.75) is 19.4 Å². The Morgan fingerprint density at radius 3 is 2.75 bits per heavy atom. The molecule has 0 fully saturated rings. The number of halogens is 1. The number of benzene rings is 1. The van der Waals surface area contributed by atoms with Crippen molar-refractivity contribution in [2.75, 3.05) is 13.2 Å². The zero-order valence-corrected chi connectivity index (χ0v) is 11.2. The molecule has 0 amide bonds. The fourth-order valence-corrected chi connectivity index (χ4v) is 1.69. The van der Waals surface area contributed by atoms with E-state index in [1.54, 1.807) is 0 Å². The van der Waals surface area contributed by atoms with Crippen LogP contribution in [0.3, 0.4) is 0 Å². The van der Waals surface area contributed by atoms with Crippen LogP contribution >= 0.6 is 15.9 Å². The predicted octanol–water partition coefficient (Wildman–Crippen LogP) is 3.65. The molecule has 0 bridgehead atoms. The van der Waals surface area contributed by atoms with Crippen LogP contribution in [-0.4, -0.2) is 13.2 Å². The lowest BCUT2D eigenvalue weighted by atomic mass is 10.1. The molecule has 0 radical (unpaired) electrons. The molecule has 1 unspecified atom stereocenters. The van der Waals surface area contributed by atoms with Crippen LogP contribution in [0.4, 0.5) is 0 Å². The predicted molar refractivity (Wildman–Crippen MR) is 71.3 cm³/mol. The largest absolute Gasteiger partial charge is 0.502 e. The van der Waals surface area contributed by atoms with Crippen LogP contribution in [0.25, 0.3) is 0 Å². The van der Waals surface area contributed by atoms with Crippen molar-refractivity contribution in [2.24, 2.45) is 0 Å². The minimum atomic E-state index is 0.372. The van der Waals surface area contributed by atoms with Gasteiger partial charge < -0.3 is 10.1 Å². The number of hydrogen-bond donors (Lipinski definition) is 1. The van der Waals surface area contributed by atoms with Gasteiger partial charge in [0.25, 0.3) is 0 Å². The van der Waals surface area contributed by atoms with Gasteiger partial charge in [-0.3, -0.25) is 0 Å². The molecule has 0 aliphatic heterocycles. The first-order valence-corrected chi connectivity index (χ1v) is 6.24. The normalized spacial score (nSPS) is 12.1. The van der Waals surface area contributed by atoms with Gasteiger partial charge in [0.05, 0.1) is 12.9 Å². The third-order valence-electron chi connectivity index (χ3n) is 2.38. The van der Waals surface area contributed by atoms with E-state index in [1.807, 2.05) is 0 Å². The Labute approximate surface area is 106 Å². The number of ether oxygens (including phenoxy) is 1. The molecule has 1 atom stereocenters. The third-order valence-corrected chi connectivity index (χ3v) is 2.91. The van der Waals surface area contributed by atoms with Crippen LogP contribution < -0.4 is 5.32 Å². The minimum absolute atomic E-state index is 0.372. The van der Waals surface area contributed by atoms with E-state index < -0.39 is 0 Å². The highest BCUT2D eigenvalue weighted by molar-refractivity contribution is 9.10. The van der Waals surface area contributed by atoms with Crippen LogP contribution in [0.5, 0.6) is 0 Å². The van der Waals surface area contributed by atoms with E-state index in [0.717, 1.165) is 24.0 Å². The second-order valence-electron chi connectivity index (χ2n) is 3.62. The first kappa shape index (κ1) is 13.3. The molecule has 0 spiro atoms. The van der Waals surface area contributed by atoms with Crippen LogP contribution in [0.1, 0.15) is 24.9 Å². The van der Waals surface area contributed by atoms with Crippen LogP contribution in [0.15, 0.2) is 41.6 Å². The molecule has 2 nitrogen and oxygen atoms in total. The fraction of sp³-hybridized carbons (Fsp3) is 0.385. The Bertz CT molecular complexity index is 310. The van der Waals surface area contributed by atoms with Crippen LogP contribution in [0.2, 0.25) is 0 Å². The molecular formula is C13H18BrNO. The average molecular weight is 284 g/mol. The molecule has 88 valence electrons. The summed E-state index contributed by atoms with van der Waals surface area (Å²) < 4.78 is 6.17. The van der Waals surface area contributed by atoms with Gasteiger partial charge in [0.15, 0.2) is 0 Å². The summed E-state index contributed by atoms with van der Waals surface area (Å²) in [5.41, 5.74) is 1.30. The highest BCUT2D eigenvalue weighted by Gasteiger charge is 2.03. The molecule has 1 N–H and O–H groups in total. The molecule has 0 saturated carbocycles. The molecule has 0 heterocycles. The van der Waals surface area contributed by atoms with Gasteiger partial charge in [0.2, 0.25) is 0 Å². The lowest BCUT2D eigenvalue weighted by Crippen LogP contribution is -2.20. The molecule has 1 aromatic carbocycles. The molecule has 0 aliphatic rings. The number of hydrogen-bond acceptors (Lipinski definition) is 2. The molecule has 0 aliphatic carbocycles. The van der Waals surface area contributed by atoms with Gasteiger partial charge in [0.1, 0.15) is 0 Å². The summed E-state index contributed by atoms with van der Waals surface area (Å²) in [7, 11) is 0. The van der Waals surface area contributed by atoms with E-state index in [0.29, 0.717) is 6.04 Å². The number of nitrogens with one attached hydrogen (secondary N) is 1. The van der Waals surface area contributed by atoms with Gasteiger partial charge in [0, 0.05) is 10.5 Å². The van der Waals surface area contributed by atoms with Crippen molar-refractivity contribution in [3.05, 3.63) is 47.1 Å². The summed E-state index contributed by atoms with van der Waals surface area (Å²) in [6, 6.07) is 8.75. The summed E-state index contributed by atoms with van der Waals surface area (Å²) in [4.78, 5) is 0. The fourth-order valence-electron chi connectivity index (χ4n) is 1.43. The SMILES string of the molecule is C=COCCCNC(C)c1ccc(Br)cc1. The van der Waals surface area contributed by atoms with E-state index in [2.05, 4.69) is 59.0 Å². The first-order valence-electron chi connectivity index (χ1n) is 5.45. The van der Waals surface area contributed by atoms with E-state index in [-0.39, 0.29) is 0 Å². The Morgan fingerprint density at radius 1 is 1.44 bits per heavy atom. The van der Waals surface area contributed by atoms with Gasteiger partial charge in [-0.1, -0.05) is 34.6 Å². The smallest absolute Gasteiger partial charge is 0.0885 e. The summed E-state index contributed by atoms with van der Waals surface area (Å²) in [5, 5.41) is 3.45. The Hall–Kier alpha value is -0.800. The Morgan fingerprint density at radius 2 is 2.12 bits per heavy atom. The Kier molecular flexibility index (Phi) is 6.19. The summed E-state index contributed by atoms with van der Waals surface area (Å²) in [6.45, 7) is 7.34. The van der Waals surface area contributed by atoms with Crippen molar-refractivity contribution < 1.29 is 4.74 Å². The summed E-state index contributed by atoms with van der Waals surface area (Å²) >= 11 is 3.43.